The highest BCUT2D eigenvalue weighted by Crippen LogP contribution is 2.36. The molecule has 1 amide bonds. The van der Waals surface area contributed by atoms with Gasteiger partial charge in [0.05, 0.1) is 12.1 Å². The number of likely N-dealkylation sites (tertiary alicyclic amines) is 1. The van der Waals surface area contributed by atoms with Crippen LogP contribution in [0, 0.1) is 5.92 Å². The van der Waals surface area contributed by atoms with Crippen molar-refractivity contribution < 1.29 is 14.6 Å². The second kappa shape index (κ2) is 5.53. The van der Waals surface area contributed by atoms with Crippen LogP contribution in [0.25, 0.3) is 0 Å². The van der Waals surface area contributed by atoms with E-state index in [1.165, 1.54) is 6.42 Å². The van der Waals surface area contributed by atoms with Crippen molar-refractivity contribution in [2.45, 2.75) is 70.1 Å². The molecule has 0 aromatic rings. The number of amides is 1. The first-order chi connectivity index (χ1) is 9.21. The summed E-state index contributed by atoms with van der Waals surface area (Å²) in [6, 6.07) is -0.235. The molecule has 2 atom stereocenters. The Bertz CT molecular complexity index is 363. The molecule has 2 rings (SSSR count). The summed E-state index contributed by atoms with van der Waals surface area (Å²) in [6.45, 7) is 6.47. The lowest BCUT2D eigenvalue weighted by molar-refractivity contribution is -0.0740. The lowest BCUT2D eigenvalue weighted by Crippen LogP contribution is -2.62. The van der Waals surface area contributed by atoms with E-state index in [9.17, 15) is 9.90 Å². The molecule has 3 N–H and O–H groups in total. The van der Waals surface area contributed by atoms with E-state index in [2.05, 4.69) is 0 Å². The summed E-state index contributed by atoms with van der Waals surface area (Å²) < 4.78 is 5.39. The molecule has 1 aliphatic heterocycles. The first kappa shape index (κ1) is 15.6. The molecular weight excluding hydrogens is 256 g/mol. The fraction of sp³-hybridized carbons (Fsp3) is 0.933. The third-order valence-electron chi connectivity index (χ3n) is 4.43. The monoisotopic (exact) mass is 284 g/mol. The van der Waals surface area contributed by atoms with E-state index in [1.807, 2.05) is 20.8 Å². The Balaban J connectivity index is 1.98. The Hall–Kier alpha value is -0.810. The average Bonchev–Trinajstić information content (AvgIpc) is 2.24. The number of β-amino-alcohol motifs (C(OH)–C–C–N with tert-alkyl or cyclic N) is 1. The number of hydrogen-bond donors (Lipinski definition) is 2. The van der Waals surface area contributed by atoms with E-state index in [0.717, 1.165) is 19.3 Å². The Morgan fingerprint density at radius 3 is 2.55 bits per heavy atom. The highest BCUT2D eigenvalue weighted by atomic mass is 16.6. The van der Waals surface area contributed by atoms with Crippen molar-refractivity contribution in [3.63, 3.8) is 0 Å². The molecule has 0 aromatic heterocycles. The van der Waals surface area contributed by atoms with Crippen molar-refractivity contribution >= 4 is 6.09 Å². The van der Waals surface area contributed by atoms with Gasteiger partial charge in [-0.3, -0.25) is 0 Å². The van der Waals surface area contributed by atoms with E-state index < -0.39 is 11.2 Å². The maximum absolute atomic E-state index is 12.1. The summed E-state index contributed by atoms with van der Waals surface area (Å²) in [6.07, 6.45) is 4.48. The predicted octanol–water partition coefficient (Wildman–Crippen LogP) is 1.88. The number of rotatable bonds is 2. The third kappa shape index (κ3) is 3.44. The molecule has 1 saturated heterocycles. The van der Waals surface area contributed by atoms with Crippen LogP contribution in [-0.2, 0) is 4.74 Å². The lowest BCUT2D eigenvalue weighted by Gasteiger charge is -2.47. The van der Waals surface area contributed by atoms with E-state index in [0.29, 0.717) is 25.4 Å². The van der Waals surface area contributed by atoms with Crippen LogP contribution in [0.4, 0.5) is 4.79 Å². The number of nitrogens with two attached hydrogens (primary N) is 1. The van der Waals surface area contributed by atoms with Crippen LogP contribution < -0.4 is 5.73 Å². The smallest absolute Gasteiger partial charge is 0.410 e. The normalized spacial score (nSPS) is 29.8. The van der Waals surface area contributed by atoms with Gasteiger partial charge >= 0.3 is 6.09 Å². The van der Waals surface area contributed by atoms with Crippen LogP contribution in [-0.4, -0.2) is 46.4 Å². The molecule has 2 fully saturated rings. The topological polar surface area (TPSA) is 75.8 Å². The maximum Gasteiger partial charge on any atom is 0.410 e. The summed E-state index contributed by atoms with van der Waals surface area (Å²) in [4.78, 5) is 13.7. The zero-order chi connectivity index (χ0) is 15.0. The van der Waals surface area contributed by atoms with Gasteiger partial charge in [0.2, 0.25) is 0 Å². The van der Waals surface area contributed by atoms with Gasteiger partial charge < -0.3 is 20.5 Å². The van der Waals surface area contributed by atoms with E-state index in [-0.39, 0.29) is 12.1 Å². The summed E-state index contributed by atoms with van der Waals surface area (Å²) in [5, 5.41) is 10.8. The highest BCUT2D eigenvalue weighted by Gasteiger charge is 2.45. The fourth-order valence-electron chi connectivity index (χ4n) is 3.06. The molecule has 5 heteroatoms. The molecular formula is C15H28N2O3. The quantitative estimate of drug-likeness (QED) is 0.811. The number of nitrogens with zero attached hydrogens (tertiary/aromatic N) is 1. The second-order valence-corrected chi connectivity index (χ2v) is 7.33. The number of ether oxygens (including phenoxy) is 1. The summed E-state index contributed by atoms with van der Waals surface area (Å²) in [7, 11) is 0. The minimum absolute atomic E-state index is 0.235. The van der Waals surface area contributed by atoms with Crippen LogP contribution in [0.15, 0.2) is 0 Å². The van der Waals surface area contributed by atoms with Crippen molar-refractivity contribution in [1.29, 1.82) is 0 Å². The fourth-order valence-corrected chi connectivity index (χ4v) is 3.06. The zero-order valence-corrected chi connectivity index (χ0v) is 12.9. The van der Waals surface area contributed by atoms with Crippen LogP contribution in [0.1, 0.15) is 52.9 Å². The van der Waals surface area contributed by atoms with Gasteiger partial charge in [0, 0.05) is 12.6 Å². The number of carbonyl (C=O) groups is 1. The van der Waals surface area contributed by atoms with Crippen LogP contribution in [0.3, 0.4) is 0 Å². The van der Waals surface area contributed by atoms with Crippen molar-refractivity contribution in [1.82, 2.24) is 4.90 Å². The highest BCUT2D eigenvalue weighted by molar-refractivity contribution is 5.68. The summed E-state index contributed by atoms with van der Waals surface area (Å²) >= 11 is 0. The lowest BCUT2D eigenvalue weighted by atomic mass is 9.71. The van der Waals surface area contributed by atoms with Crippen molar-refractivity contribution in [2.75, 3.05) is 13.1 Å². The van der Waals surface area contributed by atoms with Crippen LogP contribution in [0.2, 0.25) is 0 Å². The zero-order valence-electron chi connectivity index (χ0n) is 12.9. The third-order valence-corrected chi connectivity index (χ3v) is 4.43. The average molecular weight is 284 g/mol. The first-order valence-corrected chi connectivity index (χ1v) is 7.67. The van der Waals surface area contributed by atoms with Crippen molar-refractivity contribution in [2.24, 2.45) is 11.7 Å². The van der Waals surface area contributed by atoms with Crippen LogP contribution in [0.5, 0.6) is 0 Å². The Labute approximate surface area is 121 Å². The number of aliphatic hydroxyl groups is 1. The van der Waals surface area contributed by atoms with Crippen LogP contribution >= 0.6 is 0 Å². The molecule has 116 valence electrons. The molecule has 2 aliphatic rings. The number of hydrogen-bond acceptors (Lipinski definition) is 4. The molecule has 1 aliphatic carbocycles. The van der Waals surface area contributed by atoms with Gasteiger partial charge in [0.15, 0.2) is 0 Å². The maximum atomic E-state index is 12.1. The van der Waals surface area contributed by atoms with Crippen molar-refractivity contribution in [3.05, 3.63) is 0 Å². The van der Waals surface area contributed by atoms with Gasteiger partial charge in [-0.1, -0.05) is 6.42 Å². The summed E-state index contributed by atoms with van der Waals surface area (Å²) in [5.74, 6) is 0.401. The minimum atomic E-state index is -0.958. The van der Waals surface area contributed by atoms with Gasteiger partial charge in [-0.15, -0.1) is 0 Å². The minimum Gasteiger partial charge on any atom is -0.444 e. The first-order valence-electron chi connectivity index (χ1n) is 7.67. The number of carbonyl (C=O) groups excluding carboxylic acids is 1. The Morgan fingerprint density at radius 2 is 2.05 bits per heavy atom. The number of piperidine rings is 1. The SMILES string of the molecule is CC(C)(C)OC(=O)N1CCCC(O)(C(N)C2CCC2)C1. The van der Waals surface area contributed by atoms with E-state index >= 15 is 0 Å². The molecule has 1 heterocycles. The molecule has 0 spiro atoms. The van der Waals surface area contributed by atoms with E-state index in [1.54, 1.807) is 4.90 Å². The molecule has 0 radical (unpaired) electrons. The molecule has 1 saturated carbocycles. The van der Waals surface area contributed by atoms with Gasteiger partial charge in [0.1, 0.15) is 5.60 Å². The molecule has 2 unspecified atom stereocenters. The second-order valence-electron chi connectivity index (χ2n) is 7.33. The van der Waals surface area contributed by atoms with Gasteiger partial charge in [-0.2, -0.15) is 0 Å². The molecule has 20 heavy (non-hydrogen) atoms. The standard InChI is InChI=1S/C15H28N2O3/c1-14(2,3)20-13(18)17-9-5-8-15(19,10-17)12(16)11-6-4-7-11/h11-12,19H,4-10,16H2,1-3H3. The van der Waals surface area contributed by atoms with Gasteiger partial charge in [-0.05, 0) is 52.4 Å². The van der Waals surface area contributed by atoms with Crippen molar-refractivity contribution in [3.8, 4) is 0 Å². The molecule has 0 aromatic carbocycles. The predicted molar refractivity (Wildman–Crippen MR) is 77.3 cm³/mol. The summed E-state index contributed by atoms with van der Waals surface area (Å²) in [5.41, 5.74) is 4.78. The molecule has 5 nitrogen and oxygen atoms in total. The Morgan fingerprint density at radius 1 is 1.40 bits per heavy atom. The Kier molecular flexibility index (Phi) is 4.30. The van der Waals surface area contributed by atoms with Gasteiger partial charge in [0.25, 0.3) is 0 Å². The largest absolute Gasteiger partial charge is 0.444 e. The van der Waals surface area contributed by atoms with Gasteiger partial charge in [-0.25, -0.2) is 4.79 Å². The van der Waals surface area contributed by atoms with E-state index in [4.69, 9.17) is 10.5 Å². The molecule has 0 bridgehead atoms.